The molecule has 186 valence electrons. The van der Waals surface area contributed by atoms with E-state index in [9.17, 15) is 14.0 Å². The molecule has 0 atom stereocenters. The van der Waals surface area contributed by atoms with Crippen LogP contribution >= 0.6 is 11.3 Å². The Bertz CT molecular complexity index is 1530. The summed E-state index contributed by atoms with van der Waals surface area (Å²) in [5, 5.41) is 2.74. The number of nitrogens with zero attached hydrogens (tertiary/aromatic N) is 5. The van der Waals surface area contributed by atoms with Crippen molar-refractivity contribution in [1.29, 1.82) is 0 Å². The number of pyridine rings is 1. The number of carbonyl (C=O) groups excluding carboxylic acids is 2. The first-order valence-corrected chi connectivity index (χ1v) is 12.3. The Kier molecular flexibility index (Phi) is 5.95. The summed E-state index contributed by atoms with van der Waals surface area (Å²) in [6.07, 6.45) is 7.23. The van der Waals surface area contributed by atoms with E-state index in [1.165, 1.54) is 17.4 Å². The van der Waals surface area contributed by atoms with Crippen LogP contribution < -0.4 is 5.32 Å². The van der Waals surface area contributed by atoms with Crippen LogP contribution in [0, 0.1) is 12.7 Å². The highest BCUT2D eigenvalue weighted by Crippen LogP contribution is 2.28. The minimum atomic E-state index is -0.541. The van der Waals surface area contributed by atoms with E-state index in [-0.39, 0.29) is 17.6 Å². The number of fused-ring (bicyclic) bond motifs is 2. The van der Waals surface area contributed by atoms with Crippen LogP contribution in [0.15, 0.2) is 36.8 Å². The highest BCUT2D eigenvalue weighted by molar-refractivity contribution is 7.20. The van der Waals surface area contributed by atoms with Crippen LogP contribution in [0.5, 0.6) is 0 Å². The van der Waals surface area contributed by atoms with Gasteiger partial charge in [-0.25, -0.2) is 19.2 Å². The number of hydrogen-bond donors (Lipinski definition) is 1. The maximum atomic E-state index is 14.4. The SMILES string of the molecule is Cc1cn2cc(NC(=O)c3cc4ncc(C5=CCN(C(=O)OC(C)(C)C)CC5)nc4s3)cc(F)c2n1. The van der Waals surface area contributed by atoms with Crippen molar-refractivity contribution < 1.29 is 18.7 Å². The lowest BCUT2D eigenvalue weighted by Crippen LogP contribution is -2.39. The molecule has 9 nitrogen and oxygen atoms in total. The highest BCUT2D eigenvalue weighted by atomic mass is 32.1. The average molecular weight is 509 g/mol. The minimum absolute atomic E-state index is 0.208. The number of aromatic nitrogens is 4. The van der Waals surface area contributed by atoms with E-state index >= 15 is 0 Å². The molecular formula is C25H25FN6O3S. The van der Waals surface area contributed by atoms with Gasteiger partial charge in [0.1, 0.15) is 15.9 Å². The van der Waals surface area contributed by atoms with Crippen molar-refractivity contribution in [2.75, 3.05) is 18.4 Å². The molecule has 0 fully saturated rings. The Hall–Kier alpha value is -3.86. The second-order valence-electron chi connectivity index (χ2n) is 9.61. The maximum Gasteiger partial charge on any atom is 0.410 e. The molecule has 0 aromatic carbocycles. The Labute approximate surface area is 210 Å². The third-order valence-corrected chi connectivity index (χ3v) is 6.56. The average Bonchev–Trinajstić information content (AvgIpc) is 3.41. The summed E-state index contributed by atoms with van der Waals surface area (Å²) in [6, 6.07) is 2.92. The zero-order chi connectivity index (χ0) is 25.6. The molecule has 0 spiro atoms. The second kappa shape index (κ2) is 8.98. The predicted molar refractivity (Wildman–Crippen MR) is 136 cm³/mol. The van der Waals surface area contributed by atoms with E-state index in [2.05, 4.69) is 15.3 Å². The Morgan fingerprint density at radius 1 is 1.19 bits per heavy atom. The zero-order valence-corrected chi connectivity index (χ0v) is 21.1. The number of ether oxygens (including phenoxy) is 1. The molecular weight excluding hydrogens is 483 g/mol. The maximum absolute atomic E-state index is 14.4. The molecule has 0 saturated carbocycles. The molecule has 0 saturated heterocycles. The summed E-state index contributed by atoms with van der Waals surface area (Å²) in [5.74, 6) is -0.891. The first-order chi connectivity index (χ1) is 17.1. The molecule has 0 radical (unpaired) electrons. The molecule has 0 bridgehead atoms. The molecule has 11 heteroatoms. The molecule has 0 unspecified atom stereocenters. The lowest BCUT2D eigenvalue weighted by Gasteiger charge is -2.29. The van der Waals surface area contributed by atoms with Gasteiger partial charge in [0.15, 0.2) is 11.5 Å². The van der Waals surface area contributed by atoms with Gasteiger partial charge in [0.2, 0.25) is 0 Å². The molecule has 36 heavy (non-hydrogen) atoms. The van der Waals surface area contributed by atoms with Gasteiger partial charge in [-0.2, -0.15) is 0 Å². The number of imidazole rings is 1. The van der Waals surface area contributed by atoms with Crippen molar-refractivity contribution in [2.24, 2.45) is 0 Å². The monoisotopic (exact) mass is 508 g/mol. The van der Waals surface area contributed by atoms with Crippen molar-refractivity contribution in [3.8, 4) is 0 Å². The molecule has 0 aliphatic carbocycles. The minimum Gasteiger partial charge on any atom is -0.444 e. The van der Waals surface area contributed by atoms with Crippen LogP contribution in [0.3, 0.4) is 0 Å². The number of amides is 2. The van der Waals surface area contributed by atoms with Crippen LogP contribution in [-0.2, 0) is 4.74 Å². The van der Waals surface area contributed by atoms with Gasteiger partial charge in [0.05, 0.1) is 28.1 Å². The Morgan fingerprint density at radius 2 is 2.00 bits per heavy atom. The Balaban J connectivity index is 1.31. The largest absolute Gasteiger partial charge is 0.444 e. The zero-order valence-electron chi connectivity index (χ0n) is 20.3. The van der Waals surface area contributed by atoms with Crippen LogP contribution in [-0.4, -0.2) is 54.9 Å². The first kappa shape index (κ1) is 23.9. The van der Waals surface area contributed by atoms with Crippen molar-refractivity contribution in [3.63, 3.8) is 0 Å². The van der Waals surface area contributed by atoms with E-state index in [0.29, 0.717) is 51.8 Å². The number of thiophene rings is 1. The number of aryl methyl sites for hydroxylation is 1. The summed E-state index contributed by atoms with van der Waals surface area (Å²) in [4.78, 5) is 41.1. The van der Waals surface area contributed by atoms with E-state index in [0.717, 1.165) is 5.57 Å². The molecule has 4 aromatic heterocycles. The van der Waals surface area contributed by atoms with E-state index < -0.39 is 11.4 Å². The number of hydrogen-bond acceptors (Lipinski definition) is 7. The molecule has 5 heterocycles. The Morgan fingerprint density at radius 3 is 2.72 bits per heavy atom. The fraction of sp³-hybridized carbons (Fsp3) is 0.320. The summed E-state index contributed by atoms with van der Waals surface area (Å²) in [6.45, 7) is 8.25. The number of halogens is 1. The van der Waals surface area contributed by atoms with E-state index in [1.54, 1.807) is 40.9 Å². The molecule has 1 N–H and O–H groups in total. The standard InChI is InChI=1S/C25H25FN6O3S/c1-14-12-32-13-16(9-17(26)21(32)28-14)29-22(33)20-10-18-23(36-20)30-19(11-27-18)15-5-7-31(8-6-15)24(34)35-25(2,3)4/h5,9-13H,6-8H2,1-4H3,(H,29,33). The van der Waals surface area contributed by atoms with Gasteiger partial charge in [0, 0.05) is 31.5 Å². The van der Waals surface area contributed by atoms with Gasteiger partial charge in [-0.05, 0) is 45.8 Å². The third-order valence-electron chi connectivity index (χ3n) is 5.54. The molecule has 4 aromatic rings. The van der Waals surface area contributed by atoms with E-state index in [1.807, 2.05) is 26.8 Å². The summed E-state index contributed by atoms with van der Waals surface area (Å²) in [7, 11) is 0. The van der Waals surface area contributed by atoms with Crippen molar-refractivity contribution in [3.05, 3.63) is 58.9 Å². The molecule has 1 aliphatic heterocycles. The molecule has 5 rings (SSSR count). The smallest absolute Gasteiger partial charge is 0.410 e. The fourth-order valence-corrected chi connectivity index (χ4v) is 4.80. The van der Waals surface area contributed by atoms with Crippen molar-refractivity contribution in [1.82, 2.24) is 24.3 Å². The van der Waals surface area contributed by atoms with Gasteiger partial charge in [0.25, 0.3) is 5.91 Å². The van der Waals surface area contributed by atoms with Gasteiger partial charge >= 0.3 is 6.09 Å². The molecule has 2 amide bonds. The van der Waals surface area contributed by atoms with Crippen molar-refractivity contribution in [2.45, 2.75) is 39.7 Å². The fourth-order valence-electron chi connectivity index (χ4n) is 3.91. The van der Waals surface area contributed by atoms with Gasteiger partial charge < -0.3 is 19.4 Å². The number of anilines is 1. The van der Waals surface area contributed by atoms with Crippen LogP contribution in [0.1, 0.15) is 48.3 Å². The molecule has 1 aliphatic rings. The summed E-state index contributed by atoms with van der Waals surface area (Å²) < 4.78 is 21.3. The highest BCUT2D eigenvalue weighted by Gasteiger charge is 2.24. The van der Waals surface area contributed by atoms with E-state index in [4.69, 9.17) is 9.72 Å². The van der Waals surface area contributed by atoms with Crippen LogP contribution in [0.25, 0.3) is 21.6 Å². The lowest BCUT2D eigenvalue weighted by molar-refractivity contribution is 0.0270. The number of rotatable bonds is 3. The normalized spacial score (nSPS) is 14.2. The predicted octanol–water partition coefficient (Wildman–Crippen LogP) is 5.06. The summed E-state index contributed by atoms with van der Waals surface area (Å²) in [5.41, 5.74) is 2.97. The first-order valence-electron chi connectivity index (χ1n) is 11.5. The van der Waals surface area contributed by atoms with Gasteiger partial charge in [-0.1, -0.05) is 6.08 Å². The number of nitrogens with one attached hydrogen (secondary N) is 1. The quantitative estimate of drug-likeness (QED) is 0.415. The lowest BCUT2D eigenvalue weighted by atomic mass is 10.1. The topological polar surface area (TPSA) is 102 Å². The summed E-state index contributed by atoms with van der Waals surface area (Å²) >= 11 is 1.22. The van der Waals surface area contributed by atoms with Crippen LogP contribution in [0.2, 0.25) is 0 Å². The van der Waals surface area contributed by atoms with Gasteiger partial charge in [-0.15, -0.1) is 11.3 Å². The number of carbonyl (C=O) groups is 2. The second-order valence-corrected chi connectivity index (χ2v) is 10.6. The third kappa shape index (κ3) is 4.92. The van der Waals surface area contributed by atoms with Crippen molar-refractivity contribution >= 4 is 50.6 Å². The van der Waals surface area contributed by atoms with Crippen LogP contribution in [0.4, 0.5) is 14.9 Å². The van der Waals surface area contributed by atoms with Gasteiger partial charge in [-0.3, -0.25) is 9.78 Å².